The molecule has 1 atom stereocenters. The summed E-state index contributed by atoms with van der Waals surface area (Å²) in [7, 11) is 0. The fraction of sp³-hybridized carbons (Fsp3) is 0.250. The van der Waals surface area contributed by atoms with Crippen LogP contribution in [0, 0.1) is 13.8 Å². The van der Waals surface area contributed by atoms with Gasteiger partial charge in [-0.15, -0.1) is 0 Å². The number of carbonyl (C=O) groups excluding carboxylic acids is 3. The maximum Gasteiger partial charge on any atom is 0.360 e. The predicted octanol–water partition coefficient (Wildman–Crippen LogP) is 2.50. The van der Waals surface area contributed by atoms with Crippen LogP contribution in [0.25, 0.3) is 10.8 Å². The Morgan fingerprint density at radius 2 is 1.75 bits per heavy atom. The van der Waals surface area contributed by atoms with E-state index in [2.05, 4.69) is 15.2 Å². The van der Waals surface area contributed by atoms with Crippen molar-refractivity contribution in [2.24, 2.45) is 0 Å². The van der Waals surface area contributed by atoms with Gasteiger partial charge in [-0.2, -0.15) is 5.10 Å². The fourth-order valence-corrected chi connectivity index (χ4v) is 3.27. The van der Waals surface area contributed by atoms with E-state index < -0.39 is 23.4 Å². The standard InChI is InChI=1S/C20H19N3O5/c1-9-15(11(3)24)10(2)21-16(9)18(25)12(4)28-20(27)17-13-7-5-6-8-14(13)19(26)23-22-17/h5-8,12,21H,1-4H3,(H,23,26). The third-order valence-corrected chi connectivity index (χ3v) is 4.58. The number of ketones is 2. The third-order valence-electron chi connectivity index (χ3n) is 4.58. The fourth-order valence-electron chi connectivity index (χ4n) is 3.27. The van der Waals surface area contributed by atoms with Crippen LogP contribution >= 0.6 is 0 Å². The van der Waals surface area contributed by atoms with Gasteiger partial charge in [0.25, 0.3) is 5.56 Å². The van der Waals surface area contributed by atoms with Crippen molar-refractivity contribution in [3.05, 3.63) is 62.8 Å². The largest absolute Gasteiger partial charge is 0.449 e. The van der Waals surface area contributed by atoms with E-state index >= 15 is 0 Å². The first-order valence-corrected chi connectivity index (χ1v) is 8.65. The zero-order chi connectivity index (χ0) is 20.6. The van der Waals surface area contributed by atoms with Gasteiger partial charge in [0.2, 0.25) is 5.78 Å². The molecule has 0 bridgehead atoms. The molecule has 0 amide bonds. The van der Waals surface area contributed by atoms with E-state index in [1.54, 1.807) is 38.1 Å². The van der Waals surface area contributed by atoms with Gasteiger partial charge in [-0.3, -0.25) is 14.4 Å². The highest BCUT2D eigenvalue weighted by Crippen LogP contribution is 2.21. The number of H-pyrrole nitrogens is 2. The maximum absolute atomic E-state index is 12.7. The Hall–Kier alpha value is -3.55. The van der Waals surface area contributed by atoms with Crippen molar-refractivity contribution in [2.75, 3.05) is 0 Å². The number of hydrogen-bond acceptors (Lipinski definition) is 6. The number of fused-ring (bicyclic) bond motifs is 1. The van der Waals surface area contributed by atoms with Crippen molar-refractivity contribution < 1.29 is 19.1 Å². The van der Waals surface area contributed by atoms with Crippen LogP contribution in [-0.4, -0.2) is 38.8 Å². The van der Waals surface area contributed by atoms with Crippen LogP contribution in [0.2, 0.25) is 0 Å². The van der Waals surface area contributed by atoms with E-state index in [-0.39, 0.29) is 17.2 Å². The topological polar surface area (TPSA) is 122 Å². The number of aromatic nitrogens is 3. The van der Waals surface area contributed by atoms with Crippen molar-refractivity contribution in [3.63, 3.8) is 0 Å². The molecule has 144 valence electrons. The van der Waals surface area contributed by atoms with Gasteiger partial charge < -0.3 is 9.72 Å². The van der Waals surface area contributed by atoms with E-state index in [1.165, 1.54) is 13.8 Å². The van der Waals surface area contributed by atoms with Gasteiger partial charge in [-0.25, -0.2) is 9.89 Å². The number of ether oxygens (including phenoxy) is 1. The highest BCUT2D eigenvalue weighted by Gasteiger charge is 2.27. The summed E-state index contributed by atoms with van der Waals surface area (Å²) in [5, 5.41) is 6.66. The molecule has 3 aromatic rings. The molecule has 0 saturated carbocycles. The molecule has 0 aliphatic carbocycles. The summed E-state index contributed by atoms with van der Waals surface area (Å²) in [5.74, 6) is -1.45. The van der Waals surface area contributed by atoms with Crippen LogP contribution in [-0.2, 0) is 4.74 Å². The number of hydrogen-bond donors (Lipinski definition) is 2. The molecule has 1 aromatic carbocycles. The number of benzene rings is 1. The Morgan fingerprint density at radius 3 is 2.36 bits per heavy atom. The quantitative estimate of drug-likeness (QED) is 0.517. The van der Waals surface area contributed by atoms with Crippen LogP contribution in [0.3, 0.4) is 0 Å². The van der Waals surface area contributed by atoms with Crippen molar-refractivity contribution in [3.8, 4) is 0 Å². The molecule has 0 aliphatic heterocycles. The molecule has 0 spiro atoms. The SMILES string of the molecule is CC(=O)c1c(C)[nH]c(C(=O)C(C)OC(=O)c2n[nH]c(=O)c3ccccc23)c1C. The van der Waals surface area contributed by atoms with Crippen LogP contribution in [0.5, 0.6) is 0 Å². The Morgan fingerprint density at radius 1 is 1.11 bits per heavy atom. The number of nitrogens with one attached hydrogen (secondary N) is 2. The molecular formula is C20H19N3O5. The number of aromatic amines is 2. The van der Waals surface area contributed by atoms with Crippen LogP contribution in [0.15, 0.2) is 29.1 Å². The molecule has 8 nitrogen and oxygen atoms in total. The minimum atomic E-state index is -1.11. The molecule has 2 aromatic heterocycles. The molecule has 0 aliphatic rings. The van der Waals surface area contributed by atoms with Gasteiger partial charge >= 0.3 is 5.97 Å². The normalized spacial score (nSPS) is 12.0. The molecule has 3 rings (SSSR count). The van der Waals surface area contributed by atoms with E-state index in [0.717, 1.165) is 0 Å². The first kappa shape index (κ1) is 19.2. The number of nitrogens with zero attached hydrogens (tertiary/aromatic N) is 1. The first-order chi connectivity index (χ1) is 13.2. The van der Waals surface area contributed by atoms with Crippen LogP contribution in [0.4, 0.5) is 0 Å². The number of aryl methyl sites for hydroxylation is 1. The molecule has 0 saturated heterocycles. The van der Waals surface area contributed by atoms with Crippen LogP contribution < -0.4 is 5.56 Å². The third kappa shape index (κ3) is 3.24. The molecule has 0 fully saturated rings. The molecule has 0 radical (unpaired) electrons. The lowest BCUT2D eigenvalue weighted by Gasteiger charge is -2.12. The van der Waals surface area contributed by atoms with E-state index in [4.69, 9.17) is 4.74 Å². The summed E-state index contributed by atoms with van der Waals surface area (Å²) in [6.07, 6.45) is -1.11. The predicted molar refractivity (Wildman–Crippen MR) is 102 cm³/mol. The van der Waals surface area contributed by atoms with Crippen molar-refractivity contribution in [2.45, 2.75) is 33.8 Å². The van der Waals surface area contributed by atoms with E-state index in [9.17, 15) is 19.2 Å². The smallest absolute Gasteiger partial charge is 0.360 e. The van der Waals surface area contributed by atoms with Crippen molar-refractivity contribution in [1.82, 2.24) is 15.2 Å². The molecule has 8 heteroatoms. The molecule has 2 heterocycles. The Balaban J connectivity index is 1.89. The highest BCUT2D eigenvalue weighted by molar-refractivity contribution is 6.07. The summed E-state index contributed by atoms with van der Waals surface area (Å²) < 4.78 is 5.29. The number of rotatable bonds is 5. The summed E-state index contributed by atoms with van der Waals surface area (Å²) in [4.78, 5) is 51.8. The second kappa shape index (κ2) is 7.22. The zero-order valence-corrected chi connectivity index (χ0v) is 15.9. The van der Waals surface area contributed by atoms with Gasteiger partial charge in [0.15, 0.2) is 17.6 Å². The zero-order valence-electron chi connectivity index (χ0n) is 15.9. The Kier molecular flexibility index (Phi) is 4.96. The molecule has 2 N–H and O–H groups in total. The second-order valence-electron chi connectivity index (χ2n) is 6.54. The summed E-state index contributed by atoms with van der Waals surface area (Å²) >= 11 is 0. The molecular weight excluding hydrogens is 362 g/mol. The lowest BCUT2D eigenvalue weighted by Crippen LogP contribution is -2.26. The maximum atomic E-state index is 12.7. The Labute approximate surface area is 159 Å². The van der Waals surface area contributed by atoms with E-state index in [0.29, 0.717) is 27.6 Å². The second-order valence-corrected chi connectivity index (χ2v) is 6.54. The summed E-state index contributed by atoms with van der Waals surface area (Å²) in [6, 6.07) is 6.48. The van der Waals surface area contributed by atoms with Gasteiger partial charge in [0.1, 0.15) is 0 Å². The minimum absolute atomic E-state index is 0.0846. The number of carbonyl (C=O) groups is 3. The van der Waals surface area contributed by atoms with Crippen molar-refractivity contribution in [1.29, 1.82) is 0 Å². The molecule has 28 heavy (non-hydrogen) atoms. The average Bonchev–Trinajstić information content (AvgIpc) is 2.95. The highest BCUT2D eigenvalue weighted by atomic mass is 16.5. The van der Waals surface area contributed by atoms with E-state index in [1.807, 2.05) is 0 Å². The van der Waals surface area contributed by atoms with Gasteiger partial charge in [0.05, 0.1) is 11.1 Å². The lowest BCUT2D eigenvalue weighted by atomic mass is 10.0. The van der Waals surface area contributed by atoms with Crippen molar-refractivity contribution >= 4 is 28.3 Å². The number of esters is 1. The molecule has 1 unspecified atom stereocenters. The summed E-state index contributed by atoms with van der Waals surface area (Å²) in [6.45, 7) is 6.23. The monoisotopic (exact) mass is 381 g/mol. The lowest BCUT2D eigenvalue weighted by molar-refractivity contribution is 0.0312. The van der Waals surface area contributed by atoms with Gasteiger partial charge in [-0.05, 0) is 39.3 Å². The minimum Gasteiger partial charge on any atom is -0.449 e. The average molecular weight is 381 g/mol. The summed E-state index contributed by atoms with van der Waals surface area (Å²) in [5.41, 5.74) is 1.27. The Bertz CT molecular complexity index is 1170. The van der Waals surface area contributed by atoms with Crippen LogP contribution in [0.1, 0.15) is 56.4 Å². The van der Waals surface area contributed by atoms with Gasteiger partial charge in [-0.1, -0.05) is 18.2 Å². The first-order valence-electron chi connectivity index (χ1n) is 8.65. The van der Waals surface area contributed by atoms with Gasteiger partial charge in [0, 0.05) is 16.6 Å². The number of Topliss-reactive ketones (excluding diaryl/α,β-unsaturated/α-hetero) is 2.